The number of aryl methyl sites for hydroxylation is 1. The number of likely N-dealkylation sites (tertiary alicyclic amines) is 1. The summed E-state index contributed by atoms with van der Waals surface area (Å²) in [7, 11) is 0. The summed E-state index contributed by atoms with van der Waals surface area (Å²) in [5.74, 6) is 0.302. The predicted molar refractivity (Wildman–Crippen MR) is 70.9 cm³/mol. The molecule has 1 aromatic carbocycles. The number of ketones is 1. The smallest absolute Gasteiger partial charge is 0.161 e. The van der Waals surface area contributed by atoms with Gasteiger partial charge in [0.2, 0.25) is 0 Å². The lowest BCUT2D eigenvalue weighted by Crippen LogP contribution is -2.35. The van der Waals surface area contributed by atoms with Crippen molar-refractivity contribution in [1.82, 2.24) is 4.90 Å². The summed E-state index contributed by atoms with van der Waals surface area (Å²) in [5.41, 5.74) is 3.31. The van der Waals surface area contributed by atoms with E-state index in [4.69, 9.17) is 0 Å². The van der Waals surface area contributed by atoms with Crippen LogP contribution in [0.3, 0.4) is 0 Å². The van der Waals surface area contributed by atoms with Crippen LogP contribution in [0.25, 0.3) is 6.08 Å². The summed E-state index contributed by atoms with van der Waals surface area (Å²) in [4.78, 5) is 14.2. The third kappa shape index (κ3) is 3.04. The van der Waals surface area contributed by atoms with E-state index in [1.807, 2.05) is 12.1 Å². The molecule has 90 valence electrons. The summed E-state index contributed by atoms with van der Waals surface area (Å²) in [6.45, 7) is 6.92. The Morgan fingerprint density at radius 2 is 2.24 bits per heavy atom. The monoisotopic (exact) mass is 229 g/mol. The van der Waals surface area contributed by atoms with E-state index in [1.54, 1.807) is 0 Å². The van der Waals surface area contributed by atoms with Gasteiger partial charge in [-0.15, -0.1) is 0 Å². The fraction of sp³-hybridized carbons (Fsp3) is 0.400. The third-order valence-electron chi connectivity index (χ3n) is 3.24. The molecule has 1 fully saturated rings. The quantitative estimate of drug-likeness (QED) is 0.727. The van der Waals surface area contributed by atoms with E-state index < -0.39 is 0 Å². The second-order valence-corrected chi connectivity index (χ2v) is 4.63. The number of hydrogen-bond acceptors (Lipinski definition) is 2. The largest absolute Gasteiger partial charge is 0.299 e. The van der Waals surface area contributed by atoms with Gasteiger partial charge in [0.25, 0.3) is 0 Å². The topological polar surface area (TPSA) is 20.3 Å². The average molecular weight is 229 g/mol. The number of nitrogens with zero attached hydrogens (tertiary/aromatic N) is 1. The van der Waals surface area contributed by atoms with Crippen molar-refractivity contribution in [2.75, 3.05) is 19.6 Å². The fourth-order valence-electron chi connectivity index (χ4n) is 2.19. The Bertz CT molecular complexity index is 448. The van der Waals surface area contributed by atoms with Crippen molar-refractivity contribution in [2.45, 2.75) is 20.3 Å². The van der Waals surface area contributed by atoms with Crippen molar-refractivity contribution in [3.05, 3.63) is 41.0 Å². The molecule has 1 aromatic rings. The van der Waals surface area contributed by atoms with Crippen LogP contribution in [0.2, 0.25) is 0 Å². The van der Waals surface area contributed by atoms with Crippen molar-refractivity contribution < 1.29 is 4.79 Å². The highest BCUT2D eigenvalue weighted by Gasteiger charge is 2.19. The number of carbonyl (C=O) groups is 1. The maximum Gasteiger partial charge on any atom is 0.161 e. The van der Waals surface area contributed by atoms with Crippen LogP contribution in [0.4, 0.5) is 0 Å². The number of hydrogen-bond donors (Lipinski definition) is 0. The van der Waals surface area contributed by atoms with Gasteiger partial charge in [-0.05, 0) is 25.1 Å². The van der Waals surface area contributed by atoms with E-state index in [1.165, 1.54) is 5.56 Å². The van der Waals surface area contributed by atoms with Crippen molar-refractivity contribution in [2.24, 2.45) is 0 Å². The molecule has 0 bridgehead atoms. The van der Waals surface area contributed by atoms with E-state index in [9.17, 15) is 4.79 Å². The minimum atomic E-state index is 0.302. The van der Waals surface area contributed by atoms with Gasteiger partial charge in [0.05, 0.1) is 0 Å². The first-order valence-electron chi connectivity index (χ1n) is 6.22. The number of benzene rings is 1. The summed E-state index contributed by atoms with van der Waals surface area (Å²) in [6, 6.07) is 8.28. The number of carbonyl (C=O) groups excluding carboxylic acids is 1. The SMILES string of the molecule is CCN1CCC(=O)/C(=C/c2cccc(C)c2)C1. The van der Waals surface area contributed by atoms with Crippen LogP contribution in [0, 0.1) is 6.92 Å². The molecule has 0 unspecified atom stereocenters. The highest BCUT2D eigenvalue weighted by molar-refractivity contribution is 6.00. The lowest BCUT2D eigenvalue weighted by molar-refractivity contribution is -0.117. The molecule has 1 saturated heterocycles. The Kier molecular flexibility index (Phi) is 3.75. The van der Waals surface area contributed by atoms with Crippen LogP contribution < -0.4 is 0 Å². The molecule has 0 N–H and O–H groups in total. The first kappa shape index (κ1) is 12.1. The van der Waals surface area contributed by atoms with Crippen LogP contribution in [-0.4, -0.2) is 30.3 Å². The van der Waals surface area contributed by atoms with E-state index in [0.717, 1.165) is 30.8 Å². The molecule has 0 aromatic heterocycles. The molecule has 17 heavy (non-hydrogen) atoms. The van der Waals surface area contributed by atoms with E-state index in [-0.39, 0.29) is 0 Å². The maximum atomic E-state index is 11.9. The molecule has 2 rings (SSSR count). The van der Waals surface area contributed by atoms with Gasteiger partial charge in [-0.1, -0.05) is 36.8 Å². The van der Waals surface area contributed by atoms with Crippen molar-refractivity contribution in [1.29, 1.82) is 0 Å². The summed E-state index contributed by atoms with van der Waals surface area (Å²) < 4.78 is 0. The lowest BCUT2D eigenvalue weighted by atomic mass is 10.00. The molecule has 0 radical (unpaired) electrons. The highest BCUT2D eigenvalue weighted by Crippen LogP contribution is 2.16. The van der Waals surface area contributed by atoms with Gasteiger partial charge in [-0.2, -0.15) is 0 Å². The summed E-state index contributed by atoms with van der Waals surface area (Å²) in [6.07, 6.45) is 2.70. The van der Waals surface area contributed by atoms with E-state index in [2.05, 4.69) is 36.9 Å². The first-order valence-corrected chi connectivity index (χ1v) is 6.22. The van der Waals surface area contributed by atoms with Gasteiger partial charge in [0.1, 0.15) is 0 Å². The van der Waals surface area contributed by atoms with Crippen molar-refractivity contribution in [3.8, 4) is 0 Å². The van der Waals surface area contributed by atoms with Gasteiger partial charge in [0, 0.05) is 25.1 Å². The van der Waals surface area contributed by atoms with Crippen molar-refractivity contribution in [3.63, 3.8) is 0 Å². The third-order valence-corrected chi connectivity index (χ3v) is 3.24. The van der Waals surface area contributed by atoms with Crippen molar-refractivity contribution >= 4 is 11.9 Å². The minimum absolute atomic E-state index is 0.302. The van der Waals surface area contributed by atoms with Crippen LogP contribution in [0.5, 0.6) is 0 Å². The zero-order valence-corrected chi connectivity index (χ0v) is 10.6. The second-order valence-electron chi connectivity index (χ2n) is 4.63. The molecule has 2 heteroatoms. The van der Waals surface area contributed by atoms with E-state index >= 15 is 0 Å². The Hall–Kier alpha value is -1.41. The molecule has 0 aliphatic carbocycles. The van der Waals surface area contributed by atoms with Gasteiger partial charge < -0.3 is 0 Å². The average Bonchev–Trinajstić information content (AvgIpc) is 2.32. The Morgan fingerprint density at radius 3 is 2.94 bits per heavy atom. The molecular weight excluding hydrogens is 210 g/mol. The number of Topliss-reactive ketones (excluding diaryl/α,β-unsaturated/α-hetero) is 1. The summed E-state index contributed by atoms with van der Waals surface area (Å²) in [5, 5.41) is 0. The molecule has 2 nitrogen and oxygen atoms in total. The van der Waals surface area contributed by atoms with Gasteiger partial charge in [-0.3, -0.25) is 9.69 Å². The molecule has 0 saturated carbocycles. The second kappa shape index (κ2) is 5.28. The molecule has 0 amide bonds. The highest BCUT2D eigenvalue weighted by atomic mass is 16.1. The summed E-state index contributed by atoms with van der Waals surface area (Å²) >= 11 is 0. The Labute approximate surface area is 103 Å². The first-order chi connectivity index (χ1) is 8.19. The van der Waals surface area contributed by atoms with Gasteiger partial charge in [-0.25, -0.2) is 0 Å². The van der Waals surface area contributed by atoms with Crippen LogP contribution in [0.15, 0.2) is 29.8 Å². The fourth-order valence-corrected chi connectivity index (χ4v) is 2.19. The number of rotatable bonds is 2. The Morgan fingerprint density at radius 1 is 1.41 bits per heavy atom. The zero-order valence-electron chi connectivity index (χ0n) is 10.6. The van der Waals surface area contributed by atoms with E-state index in [0.29, 0.717) is 12.2 Å². The Balaban J connectivity index is 2.22. The normalized spacial score (nSPS) is 19.9. The van der Waals surface area contributed by atoms with Gasteiger partial charge >= 0.3 is 0 Å². The number of piperidine rings is 1. The molecule has 0 atom stereocenters. The predicted octanol–water partition coefficient (Wildman–Crippen LogP) is 2.67. The van der Waals surface area contributed by atoms with Crippen LogP contribution >= 0.6 is 0 Å². The van der Waals surface area contributed by atoms with Gasteiger partial charge in [0.15, 0.2) is 5.78 Å². The maximum absolute atomic E-state index is 11.9. The molecule has 0 spiro atoms. The number of likely N-dealkylation sites (N-methyl/N-ethyl adjacent to an activating group) is 1. The molecule has 1 aliphatic heterocycles. The molecule has 1 heterocycles. The lowest BCUT2D eigenvalue weighted by Gasteiger charge is -2.26. The standard InChI is InChI=1S/C15H19NO/c1-3-16-8-7-15(17)14(11-16)10-13-6-4-5-12(2)9-13/h4-6,9-10H,3,7-8,11H2,1-2H3/b14-10+. The van der Waals surface area contributed by atoms with Crippen LogP contribution in [0.1, 0.15) is 24.5 Å². The minimum Gasteiger partial charge on any atom is -0.299 e. The molecule has 1 aliphatic rings. The van der Waals surface area contributed by atoms with Crippen LogP contribution in [-0.2, 0) is 4.79 Å². The zero-order chi connectivity index (χ0) is 12.3. The molecular formula is C15H19NO.